The minimum Gasteiger partial charge on any atom is -0.509 e. The van der Waals surface area contributed by atoms with Crippen LogP contribution in [0.1, 0.15) is 75.9 Å². The zero-order chi connectivity index (χ0) is 33.0. The summed E-state index contributed by atoms with van der Waals surface area (Å²) in [6.07, 6.45) is 6.51. The van der Waals surface area contributed by atoms with Gasteiger partial charge in [0.2, 0.25) is 0 Å². The van der Waals surface area contributed by atoms with Gasteiger partial charge >= 0.3 is 21.1 Å². The van der Waals surface area contributed by atoms with Gasteiger partial charge in [-0.15, -0.1) is 35.7 Å². The molecule has 3 aromatic heterocycles. The van der Waals surface area contributed by atoms with Crippen LogP contribution in [0.5, 0.6) is 17.2 Å². The number of methoxy groups -OCH3 is 1. The average molecular weight is 818 g/mol. The molecule has 0 amide bonds. The molecule has 0 saturated heterocycles. The van der Waals surface area contributed by atoms with Crippen molar-refractivity contribution in [2.75, 3.05) is 7.11 Å². The van der Waals surface area contributed by atoms with Gasteiger partial charge in [0, 0.05) is 46.2 Å². The molecule has 1 aliphatic carbocycles. The van der Waals surface area contributed by atoms with Gasteiger partial charge in [-0.2, -0.15) is 16.7 Å². The van der Waals surface area contributed by atoms with Crippen molar-refractivity contribution in [3.8, 4) is 28.8 Å². The number of pyridine rings is 1. The van der Waals surface area contributed by atoms with Gasteiger partial charge in [-0.25, -0.2) is 4.98 Å². The molecule has 3 heterocycles. The molecule has 1 unspecified atom stereocenters. The fourth-order valence-corrected chi connectivity index (χ4v) is 7.41. The maximum atomic E-state index is 6.55. The third-order valence-electron chi connectivity index (χ3n) is 9.44. The zero-order valence-corrected chi connectivity index (χ0v) is 31.2. The van der Waals surface area contributed by atoms with E-state index in [4.69, 9.17) is 14.6 Å². The molecule has 0 saturated carbocycles. The summed E-state index contributed by atoms with van der Waals surface area (Å²) in [4.78, 5) is 4.68. The maximum absolute atomic E-state index is 6.55. The van der Waals surface area contributed by atoms with Crippen LogP contribution in [-0.4, -0.2) is 26.4 Å². The van der Waals surface area contributed by atoms with Crippen LogP contribution in [0.25, 0.3) is 33.3 Å². The van der Waals surface area contributed by atoms with E-state index >= 15 is 0 Å². The first-order valence-electron chi connectivity index (χ1n) is 16.5. The molecule has 0 radical (unpaired) electrons. The first-order chi connectivity index (χ1) is 22.5. The first-order valence-corrected chi connectivity index (χ1v) is 16.5. The minimum atomic E-state index is -0.132. The van der Waals surface area contributed by atoms with Crippen LogP contribution in [-0.2, 0) is 26.5 Å². The fraction of sp³-hybridized carbons (Fsp3) is 0.317. The molecule has 6 nitrogen and oxygen atoms in total. The number of allylic oxidation sites excluding steroid dienone is 2. The summed E-state index contributed by atoms with van der Waals surface area (Å²) in [5.41, 5.74) is 8.85. The molecular weight excluding hydrogens is 776 g/mol. The molecule has 0 N–H and O–H groups in total. The average Bonchev–Trinajstić information content (AvgIpc) is 3.55. The molecule has 1 aliphatic rings. The van der Waals surface area contributed by atoms with Gasteiger partial charge in [0.1, 0.15) is 11.6 Å². The summed E-state index contributed by atoms with van der Waals surface area (Å²) in [7, 11) is 1.67. The number of aryl methyl sites for hydroxylation is 2. The number of ether oxygens (including phenoxy) is 2. The SMILES string of the molecule is COc1ccnc(-n2c3[c-]c(Oc4[c-]c(-n5nc(C)c(C6C(C)=CCC[C@@H]6C)c5C(C)(C)C)cc(C)c4)ccc3c3ccccc32)c1.[Pt+2]. The summed E-state index contributed by atoms with van der Waals surface area (Å²) in [6, 6.07) is 27.5. The van der Waals surface area contributed by atoms with Crippen molar-refractivity contribution in [1.82, 2.24) is 19.3 Å². The van der Waals surface area contributed by atoms with Crippen molar-refractivity contribution in [2.45, 2.75) is 72.6 Å². The largest absolute Gasteiger partial charge is 2.00 e. The number of rotatable bonds is 6. The van der Waals surface area contributed by atoms with Crippen LogP contribution in [0.2, 0.25) is 0 Å². The molecule has 0 bridgehead atoms. The van der Waals surface area contributed by atoms with Crippen molar-refractivity contribution in [3.63, 3.8) is 0 Å². The number of aromatic nitrogens is 4. The van der Waals surface area contributed by atoms with E-state index in [-0.39, 0.29) is 26.5 Å². The molecule has 248 valence electrons. The summed E-state index contributed by atoms with van der Waals surface area (Å²) in [5, 5.41) is 7.37. The van der Waals surface area contributed by atoms with Crippen molar-refractivity contribution in [2.24, 2.45) is 5.92 Å². The maximum Gasteiger partial charge on any atom is 2.00 e. The molecule has 6 aromatic rings. The molecule has 3 aromatic carbocycles. The molecule has 0 aliphatic heterocycles. The minimum absolute atomic E-state index is 0. The van der Waals surface area contributed by atoms with Crippen LogP contribution in [0.4, 0.5) is 0 Å². The quantitative estimate of drug-likeness (QED) is 0.124. The molecular formula is C41H42N4O2Pt. The summed E-state index contributed by atoms with van der Waals surface area (Å²) in [6.45, 7) is 15.8. The van der Waals surface area contributed by atoms with E-state index in [1.807, 2.05) is 30.3 Å². The van der Waals surface area contributed by atoms with E-state index in [1.54, 1.807) is 13.3 Å². The topological polar surface area (TPSA) is 54.1 Å². The Hall–Kier alpha value is -4.15. The van der Waals surface area contributed by atoms with E-state index in [0.29, 0.717) is 23.3 Å². The fourth-order valence-electron chi connectivity index (χ4n) is 7.41. The third-order valence-corrected chi connectivity index (χ3v) is 9.44. The molecule has 0 spiro atoms. The van der Waals surface area contributed by atoms with E-state index in [0.717, 1.165) is 56.7 Å². The Morgan fingerprint density at radius 2 is 1.71 bits per heavy atom. The Morgan fingerprint density at radius 3 is 2.46 bits per heavy atom. The molecule has 48 heavy (non-hydrogen) atoms. The predicted molar refractivity (Wildman–Crippen MR) is 190 cm³/mol. The molecule has 0 fully saturated rings. The van der Waals surface area contributed by atoms with Gasteiger partial charge in [-0.1, -0.05) is 70.0 Å². The standard InChI is InChI=1S/C41H42N4O2.Pt/c1-25-20-29(45-40(41(5,6)7)39(28(4)43-45)38-26(2)12-11-13-27(38)3)22-32(21-25)47-31-16-17-34-33-14-9-10-15-35(33)44(36(34)23-31)37-24-30(46-8)18-19-42-37;/h9-10,12,14-21,24,27,38H,11,13H2,1-8H3;/q-2;+2/t27-,38?;/m0./s1. The normalized spacial score (nSPS) is 16.5. The Bertz CT molecular complexity index is 2170. The van der Waals surface area contributed by atoms with E-state index in [1.165, 1.54) is 23.3 Å². The molecule has 7 rings (SSSR count). The molecule has 2 atom stereocenters. The monoisotopic (exact) mass is 817 g/mol. The van der Waals surface area contributed by atoms with Crippen LogP contribution in [0.3, 0.4) is 0 Å². The van der Waals surface area contributed by atoms with Gasteiger partial charge in [0.25, 0.3) is 0 Å². The van der Waals surface area contributed by atoms with Crippen molar-refractivity contribution >= 4 is 21.8 Å². The smallest absolute Gasteiger partial charge is 0.509 e. The number of fused-ring (bicyclic) bond motifs is 3. The number of hydrogen-bond acceptors (Lipinski definition) is 4. The summed E-state index contributed by atoms with van der Waals surface area (Å²) >= 11 is 0. The van der Waals surface area contributed by atoms with E-state index in [9.17, 15) is 0 Å². The van der Waals surface area contributed by atoms with E-state index in [2.05, 4.69) is 111 Å². The van der Waals surface area contributed by atoms with Crippen molar-refractivity contribution in [1.29, 1.82) is 0 Å². The Labute approximate surface area is 298 Å². The number of benzene rings is 3. The Balaban J connectivity index is 0.00000401. The zero-order valence-electron chi connectivity index (χ0n) is 28.9. The molecule has 7 heteroatoms. The number of hydrogen-bond donors (Lipinski definition) is 0. The van der Waals surface area contributed by atoms with Crippen LogP contribution < -0.4 is 9.47 Å². The number of para-hydroxylation sites is 1. The summed E-state index contributed by atoms with van der Waals surface area (Å²) < 4.78 is 16.3. The van der Waals surface area contributed by atoms with Crippen molar-refractivity contribution in [3.05, 3.63) is 113 Å². The van der Waals surface area contributed by atoms with Crippen LogP contribution in [0.15, 0.2) is 78.5 Å². The number of nitrogens with zero attached hydrogens (tertiary/aromatic N) is 4. The second kappa shape index (κ2) is 13.0. The Kier molecular flexibility index (Phi) is 9.17. The van der Waals surface area contributed by atoms with Crippen LogP contribution >= 0.6 is 0 Å². The Morgan fingerprint density at radius 1 is 0.917 bits per heavy atom. The van der Waals surface area contributed by atoms with Gasteiger partial charge in [-0.05, 0) is 55.8 Å². The van der Waals surface area contributed by atoms with Gasteiger partial charge in [0.05, 0.1) is 18.5 Å². The second-order valence-corrected chi connectivity index (χ2v) is 14.0. The van der Waals surface area contributed by atoms with Gasteiger partial charge < -0.3 is 14.0 Å². The summed E-state index contributed by atoms with van der Waals surface area (Å²) in [5.74, 6) is 3.64. The van der Waals surface area contributed by atoms with Gasteiger partial charge in [-0.3, -0.25) is 4.68 Å². The second-order valence-electron chi connectivity index (χ2n) is 14.0. The first kappa shape index (κ1) is 33.7. The van der Waals surface area contributed by atoms with Crippen LogP contribution in [0, 0.1) is 31.9 Å². The van der Waals surface area contributed by atoms with Crippen molar-refractivity contribution < 1.29 is 30.5 Å². The third kappa shape index (κ3) is 6.00. The van der Waals surface area contributed by atoms with E-state index < -0.39 is 0 Å². The van der Waals surface area contributed by atoms with Gasteiger partial charge in [0.15, 0.2) is 0 Å². The predicted octanol–water partition coefficient (Wildman–Crippen LogP) is 10.1.